The zero-order valence-electron chi connectivity index (χ0n) is 10.8. The van der Waals surface area contributed by atoms with Gasteiger partial charge in [-0.1, -0.05) is 23.2 Å². The molecule has 0 atom stereocenters. The van der Waals surface area contributed by atoms with Crippen molar-refractivity contribution in [2.75, 3.05) is 5.32 Å². The van der Waals surface area contributed by atoms with Gasteiger partial charge in [-0.3, -0.25) is 5.32 Å². The zero-order chi connectivity index (χ0) is 17.2. The van der Waals surface area contributed by atoms with E-state index >= 15 is 0 Å². The lowest BCUT2D eigenvalue weighted by molar-refractivity contribution is -0.142. The molecular formula is C12H5Cl3F3N3O2. The topological polar surface area (TPSA) is 64.1 Å². The number of ether oxygens (including phenoxy) is 1. The van der Waals surface area contributed by atoms with Crippen LogP contribution in [0.2, 0.25) is 15.3 Å². The van der Waals surface area contributed by atoms with Crippen molar-refractivity contribution >= 4 is 46.6 Å². The summed E-state index contributed by atoms with van der Waals surface area (Å²) in [6.07, 6.45) is -5.44. The average Bonchev–Trinajstić information content (AvgIpc) is 2.38. The first-order valence-electron chi connectivity index (χ1n) is 5.70. The van der Waals surface area contributed by atoms with Crippen molar-refractivity contribution in [2.45, 2.75) is 6.18 Å². The number of carbonyl (C=O) groups is 1. The lowest BCUT2D eigenvalue weighted by atomic mass is 10.3. The Morgan fingerprint density at radius 2 is 1.74 bits per heavy atom. The van der Waals surface area contributed by atoms with Gasteiger partial charge in [0.15, 0.2) is 11.4 Å². The number of anilines is 1. The van der Waals surface area contributed by atoms with Gasteiger partial charge in [-0.15, -0.1) is 0 Å². The molecule has 2 aromatic rings. The van der Waals surface area contributed by atoms with Crippen LogP contribution in [0.15, 0.2) is 24.4 Å². The van der Waals surface area contributed by atoms with Gasteiger partial charge in [0.05, 0.1) is 6.20 Å². The molecule has 0 unspecified atom stereocenters. The van der Waals surface area contributed by atoms with Gasteiger partial charge in [-0.2, -0.15) is 13.2 Å². The third-order valence-electron chi connectivity index (χ3n) is 2.31. The molecule has 0 radical (unpaired) electrons. The first kappa shape index (κ1) is 17.6. The summed E-state index contributed by atoms with van der Waals surface area (Å²) in [4.78, 5) is 18.1. The number of nitrogens with zero attached hydrogens (tertiary/aromatic N) is 2. The van der Waals surface area contributed by atoms with Gasteiger partial charge in [0.2, 0.25) is 5.28 Å². The molecule has 0 aliphatic carbocycles. The van der Waals surface area contributed by atoms with E-state index in [-0.39, 0.29) is 15.7 Å². The molecule has 5 nitrogen and oxygen atoms in total. The fourth-order valence-electron chi connectivity index (χ4n) is 1.50. The average molecular weight is 387 g/mol. The number of hydrogen-bond acceptors (Lipinski definition) is 4. The van der Waals surface area contributed by atoms with E-state index in [9.17, 15) is 18.0 Å². The highest BCUT2D eigenvalue weighted by Crippen LogP contribution is 2.35. The van der Waals surface area contributed by atoms with Crippen molar-refractivity contribution in [1.29, 1.82) is 0 Å². The number of rotatable bonds is 2. The lowest BCUT2D eigenvalue weighted by Crippen LogP contribution is -2.20. The van der Waals surface area contributed by atoms with Gasteiger partial charge in [0, 0.05) is 15.7 Å². The summed E-state index contributed by atoms with van der Waals surface area (Å²) in [5, 5.41) is 1.99. The van der Waals surface area contributed by atoms with Crippen molar-refractivity contribution in [3.8, 4) is 5.75 Å². The molecule has 1 amide bonds. The van der Waals surface area contributed by atoms with Crippen LogP contribution in [-0.4, -0.2) is 16.1 Å². The number of amides is 1. The van der Waals surface area contributed by atoms with Crippen molar-refractivity contribution < 1.29 is 22.7 Å². The Kier molecular flexibility index (Phi) is 5.18. The summed E-state index contributed by atoms with van der Waals surface area (Å²) in [5.74, 6) is -0.896. The highest BCUT2D eigenvalue weighted by molar-refractivity contribution is 6.35. The fraction of sp³-hybridized carbons (Fsp3) is 0.0833. The second-order valence-corrected chi connectivity index (χ2v) is 5.23. The first-order chi connectivity index (χ1) is 10.6. The number of carbonyl (C=O) groups excluding carboxylic acids is 1. The van der Waals surface area contributed by atoms with Crippen LogP contribution in [0.5, 0.6) is 5.75 Å². The standard InChI is InChI=1S/C12H5Cl3F3N3O2/c13-5-1-6(14)3-7(2-5)20-11(22)23-8-4-19-10(15)21-9(8)12(16,17)18/h1-4H,(H,20,22). The summed E-state index contributed by atoms with van der Waals surface area (Å²) in [7, 11) is 0. The minimum Gasteiger partial charge on any atom is -0.406 e. The van der Waals surface area contributed by atoms with Gasteiger partial charge >= 0.3 is 12.3 Å². The van der Waals surface area contributed by atoms with E-state index in [0.29, 0.717) is 6.20 Å². The van der Waals surface area contributed by atoms with Crippen LogP contribution >= 0.6 is 34.8 Å². The van der Waals surface area contributed by atoms with Crippen molar-refractivity contribution in [2.24, 2.45) is 0 Å². The smallest absolute Gasteiger partial charge is 0.406 e. The number of benzene rings is 1. The Bertz CT molecular complexity index is 736. The quantitative estimate of drug-likeness (QED) is 0.732. The van der Waals surface area contributed by atoms with Gasteiger partial charge < -0.3 is 4.74 Å². The highest BCUT2D eigenvalue weighted by atomic mass is 35.5. The van der Waals surface area contributed by atoms with Crippen LogP contribution in [0.25, 0.3) is 0 Å². The predicted molar refractivity (Wildman–Crippen MR) is 78.2 cm³/mol. The van der Waals surface area contributed by atoms with E-state index < -0.39 is 29.0 Å². The minimum atomic E-state index is -4.87. The van der Waals surface area contributed by atoms with Crippen molar-refractivity contribution in [3.05, 3.63) is 45.4 Å². The van der Waals surface area contributed by atoms with Crippen LogP contribution in [0, 0.1) is 0 Å². The minimum absolute atomic E-state index is 0.135. The lowest BCUT2D eigenvalue weighted by Gasteiger charge is -2.12. The Balaban J connectivity index is 2.20. The Morgan fingerprint density at radius 3 is 2.30 bits per heavy atom. The van der Waals surface area contributed by atoms with Gasteiger partial charge in [0.1, 0.15) is 0 Å². The molecule has 1 heterocycles. The number of hydrogen-bond donors (Lipinski definition) is 1. The molecule has 122 valence electrons. The van der Waals surface area contributed by atoms with Crippen LogP contribution in [0.3, 0.4) is 0 Å². The Hall–Kier alpha value is -1.77. The molecule has 0 aliphatic rings. The second-order valence-electron chi connectivity index (χ2n) is 4.02. The second kappa shape index (κ2) is 6.77. The summed E-state index contributed by atoms with van der Waals surface area (Å²) in [5.41, 5.74) is -1.34. The molecule has 1 N–H and O–H groups in total. The van der Waals surface area contributed by atoms with Crippen LogP contribution in [-0.2, 0) is 6.18 Å². The molecule has 2 rings (SSSR count). The number of alkyl halides is 3. The maximum atomic E-state index is 12.8. The monoisotopic (exact) mass is 385 g/mol. The van der Waals surface area contributed by atoms with Gasteiger partial charge in [-0.25, -0.2) is 14.8 Å². The van der Waals surface area contributed by atoms with E-state index in [0.717, 1.165) is 0 Å². The molecule has 11 heteroatoms. The molecule has 0 spiro atoms. The predicted octanol–water partition coefficient (Wildman–Crippen LogP) is 5.07. The Morgan fingerprint density at radius 1 is 1.13 bits per heavy atom. The highest BCUT2D eigenvalue weighted by Gasteiger charge is 2.38. The molecule has 0 saturated heterocycles. The summed E-state index contributed by atoms with van der Waals surface area (Å²) in [6.45, 7) is 0. The molecule has 0 fully saturated rings. The number of nitrogens with one attached hydrogen (secondary N) is 1. The molecule has 1 aromatic heterocycles. The van der Waals surface area contributed by atoms with E-state index in [1.54, 1.807) is 0 Å². The van der Waals surface area contributed by atoms with Crippen molar-refractivity contribution in [3.63, 3.8) is 0 Å². The van der Waals surface area contributed by atoms with Crippen LogP contribution in [0.4, 0.5) is 23.7 Å². The van der Waals surface area contributed by atoms with Gasteiger partial charge in [0.25, 0.3) is 0 Å². The molecule has 1 aromatic carbocycles. The summed E-state index contributed by atoms with van der Waals surface area (Å²) >= 11 is 16.8. The third kappa shape index (κ3) is 4.85. The third-order valence-corrected chi connectivity index (χ3v) is 2.92. The normalized spacial score (nSPS) is 11.2. The fourth-order valence-corrected chi connectivity index (χ4v) is 2.16. The molecule has 0 aliphatic heterocycles. The summed E-state index contributed by atoms with van der Waals surface area (Å²) < 4.78 is 43.0. The number of halogens is 6. The first-order valence-corrected chi connectivity index (χ1v) is 6.83. The van der Waals surface area contributed by atoms with E-state index in [2.05, 4.69) is 20.0 Å². The summed E-state index contributed by atoms with van der Waals surface area (Å²) in [6, 6.07) is 4.07. The Labute approximate surface area is 142 Å². The molecular weight excluding hydrogens is 382 g/mol. The zero-order valence-corrected chi connectivity index (χ0v) is 13.1. The van der Waals surface area contributed by atoms with Crippen LogP contribution in [0.1, 0.15) is 5.69 Å². The molecule has 0 bridgehead atoms. The van der Waals surface area contributed by atoms with E-state index in [1.165, 1.54) is 18.2 Å². The molecule has 0 saturated carbocycles. The van der Waals surface area contributed by atoms with E-state index in [1.807, 2.05) is 0 Å². The van der Waals surface area contributed by atoms with Crippen molar-refractivity contribution in [1.82, 2.24) is 9.97 Å². The van der Waals surface area contributed by atoms with Crippen LogP contribution < -0.4 is 10.1 Å². The van der Waals surface area contributed by atoms with E-state index in [4.69, 9.17) is 34.8 Å². The maximum Gasteiger partial charge on any atom is 0.437 e. The maximum absolute atomic E-state index is 12.8. The van der Waals surface area contributed by atoms with Gasteiger partial charge in [-0.05, 0) is 29.8 Å². The number of aromatic nitrogens is 2. The molecule has 23 heavy (non-hydrogen) atoms. The largest absolute Gasteiger partial charge is 0.437 e. The SMILES string of the molecule is O=C(Nc1cc(Cl)cc(Cl)c1)Oc1cnc(Cl)nc1C(F)(F)F.